The van der Waals surface area contributed by atoms with E-state index in [2.05, 4.69) is 4.98 Å². The van der Waals surface area contributed by atoms with Gasteiger partial charge in [-0.25, -0.2) is 0 Å². The van der Waals surface area contributed by atoms with Crippen LogP contribution in [0.3, 0.4) is 0 Å². The van der Waals surface area contributed by atoms with Crippen LogP contribution >= 0.6 is 11.6 Å². The summed E-state index contributed by atoms with van der Waals surface area (Å²) in [6, 6.07) is 10.2. The van der Waals surface area contributed by atoms with E-state index in [0.29, 0.717) is 11.5 Å². The predicted molar refractivity (Wildman–Crippen MR) is 86.0 cm³/mol. The summed E-state index contributed by atoms with van der Waals surface area (Å²) in [6.45, 7) is 0. The Morgan fingerprint density at radius 3 is 2.48 bits per heavy atom. The Morgan fingerprint density at radius 1 is 1.04 bits per heavy atom. The van der Waals surface area contributed by atoms with Gasteiger partial charge in [-0.05, 0) is 30.3 Å². The summed E-state index contributed by atoms with van der Waals surface area (Å²) >= 11 is 5.50. The molecule has 130 valence electrons. The highest BCUT2D eigenvalue weighted by Gasteiger charge is 2.35. The number of nitrogens with zero attached hydrogens (tertiary/aromatic N) is 1. The molecule has 2 aromatic carbocycles. The average Bonchev–Trinajstić information content (AvgIpc) is 2.54. The Kier molecular flexibility index (Phi) is 4.34. The van der Waals surface area contributed by atoms with Crippen molar-refractivity contribution < 1.29 is 25.8 Å². The highest BCUT2D eigenvalue weighted by atomic mass is 35.5. The van der Waals surface area contributed by atoms with Gasteiger partial charge in [0.15, 0.2) is 5.75 Å². The van der Waals surface area contributed by atoms with Crippen LogP contribution in [0, 0.1) is 0 Å². The number of halogens is 4. The molecule has 0 aliphatic rings. The van der Waals surface area contributed by atoms with Crippen LogP contribution in [0.4, 0.5) is 13.2 Å². The Labute approximate surface area is 146 Å². The van der Waals surface area contributed by atoms with Gasteiger partial charge in [0.1, 0.15) is 10.4 Å². The van der Waals surface area contributed by atoms with Crippen LogP contribution < -0.4 is 4.18 Å². The van der Waals surface area contributed by atoms with Crippen molar-refractivity contribution in [2.45, 2.75) is 11.1 Å². The molecule has 0 aliphatic heterocycles. The molecule has 4 nitrogen and oxygen atoms in total. The average molecular weight is 388 g/mol. The maximum absolute atomic E-state index is 12.9. The first-order valence-electron chi connectivity index (χ1n) is 6.83. The number of aromatic nitrogens is 1. The Balaban J connectivity index is 2.05. The van der Waals surface area contributed by atoms with Gasteiger partial charge in [0, 0.05) is 11.6 Å². The van der Waals surface area contributed by atoms with Crippen LogP contribution in [0.5, 0.6) is 5.75 Å². The maximum Gasteiger partial charge on any atom is 0.417 e. The number of para-hydroxylation sites is 1. The monoisotopic (exact) mass is 387 g/mol. The highest BCUT2D eigenvalue weighted by molar-refractivity contribution is 7.87. The molecule has 0 atom stereocenters. The van der Waals surface area contributed by atoms with Crippen LogP contribution in [0.15, 0.2) is 59.6 Å². The van der Waals surface area contributed by atoms with Gasteiger partial charge in [0.2, 0.25) is 0 Å². The van der Waals surface area contributed by atoms with Gasteiger partial charge in [-0.1, -0.05) is 29.8 Å². The van der Waals surface area contributed by atoms with Crippen molar-refractivity contribution >= 4 is 32.6 Å². The molecule has 0 fully saturated rings. The number of alkyl halides is 3. The summed E-state index contributed by atoms with van der Waals surface area (Å²) in [7, 11) is -4.50. The van der Waals surface area contributed by atoms with Crippen LogP contribution in [-0.4, -0.2) is 13.4 Å². The third-order valence-electron chi connectivity index (χ3n) is 3.33. The lowest BCUT2D eigenvalue weighted by Gasteiger charge is -2.12. The van der Waals surface area contributed by atoms with E-state index in [9.17, 15) is 21.6 Å². The lowest BCUT2D eigenvalue weighted by atomic mass is 10.2. The third kappa shape index (κ3) is 3.54. The maximum atomic E-state index is 12.9. The molecule has 9 heteroatoms. The van der Waals surface area contributed by atoms with Crippen LogP contribution in [0.1, 0.15) is 5.56 Å². The first-order chi connectivity index (χ1) is 11.7. The van der Waals surface area contributed by atoms with E-state index in [1.165, 1.54) is 12.3 Å². The molecule has 0 radical (unpaired) electrons. The van der Waals surface area contributed by atoms with Gasteiger partial charge in [-0.2, -0.15) is 21.6 Å². The number of benzene rings is 2. The number of pyridine rings is 1. The predicted octanol–water partition coefficient (Wildman–Crippen LogP) is 4.67. The molecule has 0 saturated carbocycles. The van der Waals surface area contributed by atoms with Crippen molar-refractivity contribution in [3.8, 4) is 5.75 Å². The zero-order chi connectivity index (χ0) is 18.2. The molecule has 0 saturated heterocycles. The topological polar surface area (TPSA) is 56.3 Å². The smallest absolute Gasteiger partial charge is 0.377 e. The Morgan fingerprint density at radius 2 is 1.76 bits per heavy atom. The van der Waals surface area contributed by atoms with E-state index in [0.717, 1.165) is 12.1 Å². The molecule has 0 N–H and O–H groups in total. The normalized spacial score (nSPS) is 12.3. The van der Waals surface area contributed by atoms with Gasteiger partial charge in [-0.3, -0.25) is 4.98 Å². The Hall–Kier alpha value is -2.32. The van der Waals surface area contributed by atoms with Gasteiger partial charge < -0.3 is 4.18 Å². The van der Waals surface area contributed by atoms with Crippen molar-refractivity contribution in [3.63, 3.8) is 0 Å². The van der Waals surface area contributed by atoms with Crippen molar-refractivity contribution in [3.05, 3.63) is 65.3 Å². The van der Waals surface area contributed by atoms with Crippen molar-refractivity contribution in [1.82, 2.24) is 4.98 Å². The highest BCUT2D eigenvalue weighted by Crippen LogP contribution is 2.36. The molecule has 3 rings (SSSR count). The standard InChI is InChI=1S/C16H9ClF3NO3S/c17-13-7-6-11(9-12(13)16(18,19)20)25(22,23)24-14-5-1-3-10-4-2-8-21-15(10)14/h1-9H. The lowest BCUT2D eigenvalue weighted by molar-refractivity contribution is -0.137. The lowest BCUT2D eigenvalue weighted by Crippen LogP contribution is -2.13. The second kappa shape index (κ2) is 6.20. The summed E-state index contributed by atoms with van der Waals surface area (Å²) in [5, 5.41) is 0.0283. The molecule has 0 aliphatic carbocycles. The molecule has 0 unspecified atom stereocenters. The van der Waals surface area contributed by atoms with Gasteiger partial charge in [-0.15, -0.1) is 0 Å². The molecule has 1 aromatic heterocycles. The van der Waals surface area contributed by atoms with Gasteiger partial charge >= 0.3 is 16.3 Å². The molecular formula is C16H9ClF3NO3S. The third-order valence-corrected chi connectivity index (χ3v) is 4.89. The van der Waals surface area contributed by atoms with Crippen LogP contribution in [0.25, 0.3) is 10.9 Å². The van der Waals surface area contributed by atoms with E-state index in [1.54, 1.807) is 24.3 Å². The fraction of sp³-hybridized carbons (Fsp3) is 0.0625. The summed E-state index contributed by atoms with van der Waals surface area (Å²) in [6.07, 6.45) is -3.34. The fourth-order valence-electron chi connectivity index (χ4n) is 2.19. The minimum absolute atomic E-state index is 0.0818. The molecule has 3 aromatic rings. The number of fused-ring (bicyclic) bond motifs is 1. The van der Waals surface area contributed by atoms with E-state index in [-0.39, 0.29) is 11.3 Å². The molecule has 25 heavy (non-hydrogen) atoms. The minimum atomic E-state index is -4.79. The SMILES string of the molecule is O=S(=O)(Oc1cccc2cccnc12)c1ccc(Cl)c(C(F)(F)F)c1. The first-order valence-corrected chi connectivity index (χ1v) is 8.62. The minimum Gasteiger partial charge on any atom is -0.377 e. The van der Waals surface area contributed by atoms with Crippen LogP contribution in [-0.2, 0) is 16.3 Å². The van der Waals surface area contributed by atoms with Crippen molar-refractivity contribution in [2.24, 2.45) is 0 Å². The van der Waals surface area contributed by atoms with Crippen molar-refractivity contribution in [1.29, 1.82) is 0 Å². The number of hydrogen-bond donors (Lipinski definition) is 0. The van der Waals surface area contributed by atoms with Gasteiger partial charge in [0.25, 0.3) is 0 Å². The summed E-state index contributed by atoms with van der Waals surface area (Å²) in [5.41, 5.74) is -0.978. The summed E-state index contributed by atoms with van der Waals surface area (Å²) in [5.74, 6) is -0.0818. The number of hydrogen-bond acceptors (Lipinski definition) is 4. The zero-order valence-electron chi connectivity index (χ0n) is 12.3. The van der Waals surface area contributed by atoms with Crippen molar-refractivity contribution in [2.75, 3.05) is 0 Å². The van der Waals surface area contributed by atoms with E-state index >= 15 is 0 Å². The van der Waals surface area contributed by atoms with E-state index < -0.39 is 31.8 Å². The van der Waals surface area contributed by atoms with Gasteiger partial charge in [0.05, 0.1) is 10.6 Å². The summed E-state index contributed by atoms with van der Waals surface area (Å²) < 4.78 is 68.5. The quantitative estimate of drug-likeness (QED) is 0.612. The zero-order valence-corrected chi connectivity index (χ0v) is 13.9. The second-order valence-electron chi connectivity index (χ2n) is 5.01. The van der Waals surface area contributed by atoms with E-state index in [4.69, 9.17) is 15.8 Å². The summed E-state index contributed by atoms with van der Waals surface area (Å²) in [4.78, 5) is 3.38. The van der Waals surface area contributed by atoms with Crippen LogP contribution in [0.2, 0.25) is 5.02 Å². The largest absolute Gasteiger partial charge is 0.417 e. The molecular weight excluding hydrogens is 379 g/mol. The molecule has 0 amide bonds. The van der Waals surface area contributed by atoms with E-state index in [1.807, 2.05) is 0 Å². The fourth-order valence-corrected chi connectivity index (χ4v) is 3.38. The first kappa shape index (κ1) is 17.5. The molecule has 0 spiro atoms. The molecule has 0 bridgehead atoms. The number of rotatable bonds is 3. The second-order valence-corrected chi connectivity index (χ2v) is 6.96. The Bertz CT molecular complexity index is 1050. The molecule has 1 heterocycles.